The highest BCUT2D eigenvalue weighted by Crippen LogP contribution is 2.49. The zero-order valence-corrected chi connectivity index (χ0v) is 15.8. The number of anilines is 1. The topological polar surface area (TPSA) is 50.8 Å². The average Bonchev–Trinajstić information content (AvgIpc) is 2.62. The van der Waals surface area contributed by atoms with Gasteiger partial charge in [-0.05, 0) is 56.4 Å². The van der Waals surface area contributed by atoms with Gasteiger partial charge in [0.15, 0.2) is 5.11 Å². The van der Waals surface area contributed by atoms with Crippen LogP contribution in [-0.2, 0) is 9.53 Å². The van der Waals surface area contributed by atoms with Crippen molar-refractivity contribution in [1.29, 1.82) is 0 Å². The van der Waals surface area contributed by atoms with Crippen molar-refractivity contribution in [3.63, 3.8) is 0 Å². The van der Waals surface area contributed by atoms with Crippen molar-refractivity contribution >= 4 is 29.0 Å². The van der Waals surface area contributed by atoms with Crippen LogP contribution in [0.25, 0.3) is 0 Å². The van der Waals surface area contributed by atoms with Crippen LogP contribution in [0.15, 0.2) is 48.5 Å². The Morgan fingerprint density at radius 1 is 1.30 bits per heavy atom. The number of benzene rings is 2. The molecule has 2 aromatic carbocycles. The Balaban J connectivity index is 1.88. The summed E-state index contributed by atoms with van der Waals surface area (Å²) in [5, 5.41) is 3.67. The lowest BCUT2D eigenvalue weighted by atomic mass is 9.79. The SMILES string of the molecule is CCOC(=O)[C@H]1[C@H]2NC(=S)N(c3ccc(F)cc3)[C@@]1(C)Oc1ccccc12. The van der Waals surface area contributed by atoms with Gasteiger partial charge in [0.05, 0.1) is 12.6 Å². The quantitative estimate of drug-likeness (QED) is 0.643. The number of carbonyl (C=O) groups is 1. The molecule has 4 rings (SSSR count). The number of nitrogens with one attached hydrogen (secondary N) is 1. The molecule has 2 aliphatic heterocycles. The van der Waals surface area contributed by atoms with Gasteiger partial charge >= 0.3 is 5.97 Å². The lowest BCUT2D eigenvalue weighted by molar-refractivity contribution is -0.159. The highest BCUT2D eigenvalue weighted by Gasteiger charge is 2.59. The highest BCUT2D eigenvalue weighted by molar-refractivity contribution is 7.80. The van der Waals surface area contributed by atoms with Gasteiger partial charge < -0.3 is 14.8 Å². The summed E-state index contributed by atoms with van der Waals surface area (Å²) in [6.07, 6.45) is 0. The van der Waals surface area contributed by atoms with Crippen molar-refractivity contribution in [2.45, 2.75) is 25.6 Å². The van der Waals surface area contributed by atoms with Crippen molar-refractivity contribution in [2.24, 2.45) is 5.92 Å². The molecule has 0 radical (unpaired) electrons. The minimum Gasteiger partial charge on any atom is -0.466 e. The van der Waals surface area contributed by atoms with Crippen LogP contribution in [0.5, 0.6) is 5.75 Å². The van der Waals surface area contributed by atoms with Crippen LogP contribution >= 0.6 is 12.2 Å². The maximum absolute atomic E-state index is 13.4. The summed E-state index contributed by atoms with van der Waals surface area (Å²) in [6, 6.07) is 13.1. The van der Waals surface area contributed by atoms with Gasteiger partial charge in [0, 0.05) is 11.3 Å². The summed E-state index contributed by atoms with van der Waals surface area (Å²) in [7, 11) is 0. The number of carbonyl (C=O) groups excluding carboxylic acids is 1. The fraction of sp³-hybridized carbons (Fsp3) is 0.300. The Bertz CT molecular complexity index is 904. The molecular weight excluding hydrogens is 367 g/mol. The number of rotatable bonds is 3. The van der Waals surface area contributed by atoms with Crippen molar-refractivity contribution < 1.29 is 18.7 Å². The fourth-order valence-electron chi connectivity index (χ4n) is 3.90. The van der Waals surface area contributed by atoms with Gasteiger partial charge in [-0.3, -0.25) is 9.69 Å². The second-order valence-electron chi connectivity index (χ2n) is 6.66. The van der Waals surface area contributed by atoms with E-state index in [9.17, 15) is 9.18 Å². The number of hydrogen-bond acceptors (Lipinski definition) is 4. The predicted molar refractivity (Wildman–Crippen MR) is 103 cm³/mol. The number of fused-ring (bicyclic) bond motifs is 4. The van der Waals surface area contributed by atoms with Gasteiger partial charge in [0.2, 0.25) is 5.72 Å². The zero-order valence-electron chi connectivity index (χ0n) is 14.9. The minimum absolute atomic E-state index is 0.265. The monoisotopic (exact) mass is 386 g/mol. The van der Waals surface area contributed by atoms with Crippen LogP contribution in [0.4, 0.5) is 10.1 Å². The molecule has 3 atom stereocenters. The Morgan fingerprint density at radius 2 is 2.00 bits per heavy atom. The van der Waals surface area contributed by atoms with E-state index in [1.807, 2.05) is 31.2 Å². The van der Waals surface area contributed by atoms with Gasteiger partial charge in [-0.1, -0.05) is 18.2 Å². The minimum atomic E-state index is -1.12. The van der Waals surface area contributed by atoms with Crippen LogP contribution < -0.4 is 15.0 Å². The molecule has 140 valence electrons. The largest absolute Gasteiger partial charge is 0.466 e. The highest BCUT2D eigenvalue weighted by atomic mass is 32.1. The number of esters is 1. The molecule has 7 heteroatoms. The first kappa shape index (κ1) is 17.7. The summed E-state index contributed by atoms with van der Waals surface area (Å²) in [4.78, 5) is 14.6. The van der Waals surface area contributed by atoms with Gasteiger partial charge in [0.1, 0.15) is 17.5 Å². The summed E-state index contributed by atoms with van der Waals surface area (Å²) in [5.74, 6) is -0.715. The van der Waals surface area contributed by atoms with Crippen LogP contribution in [0.3, 0.4) is 0 Å². The predicted octanol–water partition coefficient (Wildman–Crippen LogP) is 3.55. The van der Waals surface area contributed by atoms with Crippen LogP contribution in [0.1, 0.15) is 25.5 Å². The third-order valence-corrected chi connectivity index (χ3v) is 5.33. The first-order valence-corrected chi connectivity index (χ1v) is 9.17. The molecule has 0 aromatic heterocycles. The average molecular weight is 386 g/mol. The van der Waals surface area contributed by atoms with E-state index >= 15 is 0 Å². The van der Waals surface area contributed by atoms with E-state index in [2.05, 4.69) is 5.32 Å². The van der Waals surface area contributed by atoms with E-state index in [-0.39, 0.29) is 24.4 Å². The third-order valence-electron chi connectivity index (χ3n) is 5.03. The first-order valence-electron chi connectivity index (χ1n) is 8.76. The van der Waals surface area contributed by atoms with Crippen LogP contribution in [0.2, 0.25) is 0 Å². The second-order valence-corrected chi connectivity index (χ2v) is 7.05. The molecule has 0 spiro atoms. The van der Waals surface area contributed by atoms with E-state index in [4.69, 9.17) is 21.7 Å². The van der Waals surface area contributed by atoms with Crippen LogP contribution in [0, 0.1) is 11.7 Å². The molecule has 1 saturated heterocycles. The number of halogens is 1. The fourth-order valence-corrected chi connectivity index (χ4v) is 4.31. The lowest BCUT2D eigenvalue weighted by Crippen LogP contribution is -2.71. The first-order chi connectivity index (χ1) is 13.0. The molecule has 2 heterocycles. The molecule has 2 aliphatic rings. The van der Waals surface area contributed by atoms with Gasteiger partial charge in [-0.2, -0.15) is 0 Å². The Hall–Kier alpha value is -2.67. The van der Waals surface area contributed by atoms with Crippen molar-refractivity contribution in [3.8, 4) is 5.75 Å². The van der Waals surface area contributed by atoms with Gasteiger partial charge in [-0.25, -0.2) is 4.39 Å². The van der Waals surface area contributed by atoms with E-state index in [1.54, 1.807) is 24.0 Å². The Kier molecular flexibility index (Phi) is 4.26. The summed E-state index contributed by atoms with van der Waals surface area (Å²) >= 11 is 5.59. The van der Waals surface area contributed by atoms with Crippen molar-refractivity contribution in [3.05, 3.63) is 59.9 Å². The molecule has 0 aliphatic carbocycles. The Labute approximate surface area is 162 Å². The molecular formula is C20H19FN2O3S. The summed E-state index contributed by atoms with van der Waals surface area (Å²) < 4.78 is 25.1. The molecule has 1 fully saturated rings. The number of ether oxygens (including phenoxy) is 2. The number of para-hydroxylation sites is 1. The summed E-state index contributed by atoms with van der Waals surface area (Å²) in [6.45, 7) is 3.85. The molecule has 0 unspecified atom stereocenters. The lowest BCUT2D eigenvalue weighted by Gasteiger charge is -2.55. The molecule has 5 nitrogen and oxygen atoms in total. The number of thiocarbonyl (C=S) groups is 1. The molecule has 27 heavy (non-hydrogen) atoms. The van der Waals surface area contributed by atoms with E-state index in [1.165, 1.54) is 12.1 Å². The molecule has 2 aromatic rings. The molecule has 0 amide bonds. The van der Waals surface area contributed by atoms with E-state index in [0.29, 0.717) is 16.5 Å². The number of nitrogens with zero attached hydrogens (tertiary/aromatic N) is 1. The van der Waals surface area contributed by atoms with E-state index in [0.717, 1.165) is 5.56 Å². The Morgan fingerprint density at radius 3 is 2.70 bits per heavy atom. The van der Waals surface area contributed by atoms with Gasteiger partial charge in [0.25, 0.3) is 0 Å². The van der Waals surface area contributed by atoms with Crippen molar-refractivity contribution in [1.82, 2.24) is 5.32 Å². The third kappa shape index (κ3) is 2.73. The standard InChI is InChI=1S/C20H19FN2O3S/c1-3-25-18(24)16-17-14-6-4-5-7-15(14)26-20(16,2)23(19(27)22-17)13-10-8-12(21)9-11-13/h4-11,16-17H,3H2,1-2H3,(H,22,27)/t16-,17+,20+/m1/s1. The second kappa shape index (κ2) is 6.49. The van der Waals surface area contributed by atoms with Crippen molar-refractivity contribution in [2.75, 3.05) is 11.5 Å². The number of hydrogen-bond donors (Lipinski definition) is 1. The zero-order chi connectivity index (χ0) is 19.2. The maximum Gasteiger partial charge on any atom is 0.317 e. The summed E-state index contributed by atoms with van der Waals surface area (Å²) in [5.41, 5.74) is 0.364. The molecule has 0 saturated carbocycles. The smallest absolute Gasteiger partial charge is 0.317 e. The van der Waals surface area contributed by atoms with Gasteiger partial charge in [-0.15, -0.1) is 0 Å². The molecule has 1 N–H and O–H groups in total. The van der Waals surface area contributed by atoms with Crippen LogP contribution in [-0.4, -0.2) is 23.4 Å². The normalized spacial score (nSPS) is 25.9. The molecule has 2 bridgehead atoms. The maximum atomic E-state index is 13.4. The van der Waals surface area contributed by atoms with E-state index < -0.39 is 11.6 Å².